The second-order valence-electron chi connectivity index (χ2n) is 4.84. The predicted octanol–water partition coefficient (Wildman–Crippen LogP) is 2.70. The van der Waals surface area contributed by atoms with Gasteiger partial charge in [0, 0.05) is 25.7 Å². The lowest BCUT2D eigenvalue weighted by atomic mass is 10.2. The molecule has 1 saturated heterocycles. The van der Waals surface area contributed by atoms with Gasteiger partial charge in [0.2, 0.25) is 0 Å². The number of nitrogens with zero attached hydrogens (tertiary/aromatic N) is 2. The van der Waals surface area contributed by atoms with Gasteiger partial charge in [-0.3, -0.25) is 0 Å². The van der Waals surface area contributed by atoms with Gasteiger partial charge in [0.25, 0.3) is 6.01 Å². The molecule has 1 atom stereocenters. The Morgan fingerprint density at radius 2 is 2.33 bits per heavy atom. The van der Waals surface area contributed by atoms with E-state index in [4.69, 9.17) is 4.42 Å². The van der Waals surface area contributed by atoms with E-state index in [0.717, 1.165) is 41.2 Å². The Bertz CT molecular complexity index is 581. The minimum atomic E-state index is 0.409. The predicted molar refractivity (Wildman–Crippen MR) is 76.1 cm³/mol. The van der Waals surface area contributed by atoms with E-state index in [-0.39, 0.29) is 0 Å². The number of halogens is 1. The maximum absolute atomic E-state index is 5.90. The van der Waals surface area contributed by atoms with Crippen molar-refractivity contribution in [3.63, 3.8) is 0 Å². The van der Waals surface area contributed by atoms with E-state index in [1.54, 1.807) is 0 Å². The highest BCUT2D eigenvalue weighted by Crippen LogP contribution is 2.30. The Morgan fingerprint density at radius 3 is 3.11 bits per heavy atom. The van der Waals surface area contributed by atoms with Crippen LogP contribution in [0, 0.1) is 6.92 Å². The van der Waals surface area contributed by atoms with Gasteiger partial charge < -0.3 is 14.6 Å². The fraction of sp³-hybridized carbons (Fsp3) is 0.462. The summed E-state index contributed by atoms with van der Waals surface area (Å²) in [6.07, 6.45) is 0. The lowest BCUT2D eigenvalue weighted by Crippen LogP contribution is -2.50. The highest BCUT2D eigenvalue weighted by molar-refractivity contribution is 9.10. The van der Waals surface area contributed by atoms with Crippen molar-refractivity contribution in [2.45, 2.75) is 19.9 Å². The standard InChI is InChI=1S/C13H16BrN3O/c1-8-5-10(14)12-11(6-8)16-13(18-12)17-4-3-15-7-9(17)2/h5-6,9,15H,3-4,7H2,1-2H3. The fourth-order valence-electron chi connectivity index (χ4n) is 2.36. The number of nitrogens with one attached hydrogen (secondary N) is 1. The van der Waals surface area contributed by atoms with Crippen LogP contribution in [0.2, 0.25) is 0 Å². The minimum Gasteiger partial charge on any atom is -0.422 e. The topological polar surface area (TPSA) is 41.3 Å². The number of piperazine rings is 1. The molecule has 4 nitrogen and oxygen atoms in total. The Kier molecular flexibility index (Phi) is 3.03. The molecule has 1 unspecified atom stereocenters. The van der Waals surface area contributed by atoms with Gasteiger partial charge in [0.05, 0.1) is 4.47 Å². The van der Waals surface area contributed by atoms with Crippen molar-refractivity contribution in [3.05, 3.63) is 22.2 Å². The first kappa shape index (κ1) is 12.0. The van der Waals surface area contributed by atoms with Crippen LogP contribution in [-0.2, 0) is 0 Å². The molecule has 18 heavy (non-hydrogen) atoms. The van der Waals surface area contributed by atoms with Crippen molar-refractivity contribution >= 4 is 33.0 Å². The summed E-state index contributed by atoms with van der Waals surface area (Å²) in [5, 5.41) is 3.37. The molecule has 1 aromatic carbocycles. The molecule has 5 heteroatoms. The first-order valence-corrected chi connectivity index (χ1v) is 6.98. The zero-order valence-corrected chi connectivity index (χ0v) is 12.1. The molecule has 0 radical (unpaired) electrons. The second-order valence-corrected chi connectivity index (χ2v) is 5.69. The van der Waals surface area contributed by atoms with Gasteiger partial charge in [0.1, 0.15) is 5.52 Å². The summed E-state index contributed by atoms with van der Waals surface area (Å²) < 4.78 is 6.88. The van der Waals surface area contributed by atoms with Crippen LogP contribution in [0.5, 0.6) is 0 Å². The van der Waals surface area contributed by atoms with Crippen molar-refractivity contribution in [2.24, 2.45) is 0 Å². The van der Waals surface area contributed by atoms with Gasteiger partial charge in [-0.25, -0.2) is 0 Å². The van der Waals surface area contributed by atoms with Crippen molar-refractivity contribution < 1.29 is 4.42 Å². The van der Waals surface area contributed by atoms with E-state index in [1.807, 2.05) is 0 Å². The number of hydrogen-bond acceptors (Lipinski definition) is 4. The lowest BCUT2D eigenvalue weighted by molar-refractivity contribution is 0.456. The number of hydrogen-bond donors (Lipinski definition) is 1. The first-order valence-electron chi connectivity index (χ1n) is 6.19. The summed E-state index contributed by atoms with van der Waals surface area (Å²) in [5.41, 5.74) is 2.94. The summed E-state index contributed by atoms with van der Waals surface area (Å²) in [7, 11) is 0. The SMILES string of the molecule is Cc1cc(Br)c2oc(N3CCNCC3C)nc2c1. The van der Waals surface area contributed by atoms with Crippen molar-refractivity contribution in [2.75, 3.05) is 24.5 Å². The highest BCUT2D eigenvalue weighted by atomic mass is 79.9. The molecule has 0 bridgehead atoms. The molecule has 3 rings (SSSR count). The maximum atomic E-state index is 5.90. The first-order chi connectivity index (χ1) is 8.65. The quantitative estimate of drug-likeness (QED) is 0.879. The molecule has 96 valence electrons. The molecular weight excluding hydrogens is 294 g/mol. The van der Waals surface area contributed by atoms with Gasteiger partial charge in [-0.05, 0) is 47.5 Å². The van der Waals surface area contributed by atoms with E-state index in [9.17, 15) is 0 Å². The van der Waals surface area contributed by atoms with Crippen molar-refractivity contribution in [1.82, 2.24) is 10.3 Å². The smallest absolute Gasteiger partial charge is 0.298 e. The molecular formula is C13H16BrN3O. The van der Waals surface area contributed by atoms with E-state index >= 15 is 0 Å². The van der Waals surface area contributed by atoms with Crippen LogP contribution in [0.1, 0.15) is 12.5 Å². The van der Waals surface area contributed by atoms with Gasteiger partial charge in [-0.15, -0.1) is 0 Å². The molecule has 0 saturated carbocycles. The van der Waals surface area contributed by atoms with Crippen LogP contribution in [0.25, 0.3) is 11.1 Å². The third-order valence-electron chi connectivity index (χ3n) is 3.32. The number of aromatic nitrogens is 1. The van der Waals surface area contributed by atoms with E-state index in [0.29, 0.717) is 6.04 Å². The van der Waals surface area contributed by atoms with Gasteiger partial charge in [0.15, 0.2) is 5.58 Å². The Balaban J connectivity index is 2.05. The van der Waals surface area contributed by atoms with E-state index in [1.165, 1.54) is 5.56 Å². The molecule has 1 aliphatic rings. The molecule has 1 N–H and O–H groups in total. The monoisotopic (exact) mass is 309 g/mol. The molecule has 0 amide bonds. The van der Waals surface area contributed by atoms with Crippen molar-refractivity contribution in [1.29, 1.82) is 0 Å². The van der Waals surface area contributed by atoms with Crippen LogP contribution >= 0.6 is 15.9 Å². The van der Waals surface area contributed by atoms with Crippen LogP contribution in [0.15, 0.2) is 21.0 Å². The highest BCUT2D eigenvalue weighted by Gasteiger charge is 2.23. The average Bonchev–Trinajstić information content (AvgIpc) is 2.73. The number of aryl methyl sites for hydroxylation is 1. The molecule has 1 aliphatic heterocycles. The molecule has 1 fully saturated rings. The molecule has 2 aromatic rings. The summed E-state index contributed by atoms with van der Waals surface area (Å²) in [6.45, 7) is 7.13. The van der Waals surface area contributed by atoms with E-state index in [2.05, 4.69) is 57.1 Å². The van der Waals surface area contributed by atoms with Gasteiger partial charge in [-0.1, -0.05) is 0 Å². The number of benzene rings is 1. The summed E-state index contributed by atoms with van der Waals surface area (Å²) in [4.78, 5) is 6.83. The molecule has 2 heterocycles. The van der Waals surface area contributed by atoms with Crippen LogP contribution in [0.3, 0.4) is 0 Å². The Labute approximate surface area is 114 Å². The number of rotatable bonds is 1. The average molecular weight is 310 g/mol. The number of oxazole rings is 1. The number of fused-ring (bicyclic) bond motifs is 1. The minimum absolute atomic E-state index is 0.409. The zero-order chi connectivity index (χ0) is 12.7. The van der Waals surface area contributed by atoms with Crippen molar-refractivity contribution in [3.8, 4) is 0 Å². The third kappa shape index (κ3) is 2.01. The fourth-order valence-corrected chi connectivity index (χ4v) is 3.01. The normalized spacial score (nSPS) is 20.6. The van der Waals surface area contributed by atoms with Gasteiger partial charge >= 0.3 is 0 Å². The number of anilines is 1. The summed E-state index contributed by atoms with van der Waals surface area (Å²) in [5.74, 6) is 0. The lowest BCUT2D eigenvalue weighted by Gasteiger charge is -2.32. The molecule has 1 aromatic heterocycles. The summed E-state index contributed by atoms with van der Waals surface area (Å²) >= 11 is 3.54. The third-order valence-corrected chi connectivity index (χ3v) is 3.91. The molecule has 0 spiro atoms. The van der Waals surface area contributed by atoms with Crippen LogP contribution < -0.4 is 10.2 Å². The van der Waals surface area contributed by atoms with Crippen LogP contribution in [0.4, 0.5) is 6.01 Å². The second kappa shape index (κ2) is 4.55. The van der Waals surface area contributed by atoms with E-state index < -0.39 is 0 Å². The Morgan fingerprint density at radius 1 is 1.50 bits per heavy atom. The van der Waals surface area contributed by atoms with Gasteiger partial charge in [-0.2, -0.15) is 4.98 Å². The largest absolute Gasteiger partial charge is 0.422 e. The van der Waals surface area contributed by atoms with Crippen LogP contribution in [-0.4, -0.2) is 30.7 Å². The maximum Gasteiger partial charge on any atom is 0.298 e. The Hall–Kier alpha value is -1.07. The summed E-state index contributed by atoms with van der Waals surface area (Å²) in [6, 6.07) is 5.25. The zero-order valence-electron chi connectivity index (χ0n) is 10.5. The molecule has 0 aliphatic carbocycles.